The Balaban J connectivity index is 1.79. The molecule has 0 spiro atoms. The van der Waals surface area contributed by atoms with Gasteiger partial charge < -0.3 is 4.57 Å². The number of nitrogens with zero attached hydrogens (tertiary/aromatic N) is 2. The van der Waals surface area contributed by atoms with E-state index in [2.05, 4.69) is 73.3 Å². The average molecular weight is 397 g/mol. The summed E-state index contributed by atoms with van der Waals surface area (Å²) in [6.45, 7) is 10.8. The summed E-state index contributed by atoms with van der Waals surface area (Å²) in [6, 6.07) is 12.7. The molecule has 0 aliphatic heterocycles. The van der Waals surface area contributed by atoms with Crippen molar-refractivity contribution in [1.82, 2.24) is 4.57 Å². The van der Waals surface area contributed by atoms with Crippen molar-refractivity contribution in [3.05, 3.63) is 70.5 Å². The van der Waals surface area contributed by atoms with E-state index in [9.17, 15) is 4.79 Å². The van der Waals surface area contributed by atoms with Crippen LogP contribution in [0.4, 0.5) is 0 Å². The van der Waals surface area contributed by atoms with Gasteiger partial charge in [-0.15, -0.1) is 18.3 Å². The molecule has 0 saturated heterocycles. The van der Waals surface area contributed by atoms with Gasteiger partial charge in [0.05, 0.1) is 10.2 Å². The molecule has 2 aromatic carbocycles. The molecular formula is C22H24N2OS2. The largest absolute Gasteiger partial charge is 0.312 e. The first-order chi connectivity index (χ1) is 13.0. The van der Waals surface area contributed by atoms with E-state index < -0.39 is 0 Å². The fraction of sp³-hybridized carbons (Fsp3) is 0.273. The van der Waals surface area contributed by atoms with Gasteiger partial charge in [-0.1, -0.05) is 35.1 Å². The maximum absolute atomic E-state index is 12.4. The van der Waals surface area contributed by atoms with E-state index >= 15 is 0 Å². The lowest BCUT2D eigenvalue weighted by Crippen LogP contribution is -2.16. The maximum Gasteiger partial charge on any atom is 0.249 e. The molecule has 1 heterocycles. The van der Waals surface area contributed by atoms with Crippen molar-refractivity contribution in [3.8, 4) is 0 Å². The molecule has 0 atom stereocenters. The number of allylic oxidation sites excluding steroid dienone is 1. The highest BCUT2D eigenvalue weighted by molar-refractivity contribution is 7.99. The van der Waals surface area contributed by atoms with Crippen molar-refractivity contribution in [2.45, 2.75) is 38.6 Å². The molecule has 3 rings (SSSR count). The topological polar surface area (TPSA) is 34.4 Å². The number of aromatic nitrogens is 1. The number of amides is 1. The van der Waals surface area contributed by atoms with Crippen LogP contribution in [0.5, 0.6) is 0 Å². The Morgan fingerprint density at radius 1 is 1.19 bits per heavy atom. The normalized spacial score (nSPS) is 11.9. The van der Waals surface area contributed by atoms with Crippen molar-refractivity contribution < 1.29 is 4.79 Å². The van der Waals surface area contributed by atoms with Crippen LogP contribution in [0.2, 0.25) is 0 Å². The van der Waals surface area contributed by atoms with Crippen molar-refractivity contribution >= 4 is 39.2 Å². The van der Waals surface area contributed by atoms with Crippen molar-refractivity contribution in [2.75, 3.05) is 5.75 Å². The molecule has 0 N–H and O–H groups in total. The van der Waals surface area contributed by atoms with Crippen LogP contribution in [0.15, 0.2) is 58.9 Å². The molecule has 1 aromatic heterocycles. The van der Waals surface area contributed by atoms with Crippen LogP contribution in [0.3, 0.4) is 0 Å². The number of benzene rings is 2. The summed E-state index contributed by atoms with van der Waals surface area (Å²) in [6.07, 6.45) is 2.27. The van der Waals surface area contributed by atoms with Gasteiger partial charge in [0.2, 0.25) is 5.91 Å². The molecule has 0 unspecified atom stereocenters. The fourth-order valence-corrected chi connectivity index (χ4v) is 4.74. The molecular weight excluding hydrogens is 372 g/mol. The molecule has 0 aliphatic carbocycles. The number of hydrogen-bond acceptors (Lipinski definition) is 3. The van der Waals surface area contributed by atoms with Crippen molar-refractivity contribution in [1.29, 1.82) is 0 Å². The fourth-order valence-electron chi connectivity index (χ4n) is 2.77. The minimum Gasteiger partial charge on any atom is -0.312 e. The molecule has 1 amide bonds. The predicted octanol–water partition coefficient (Wildman–Crippen LogP) is 5.42. The molecule has 0 fully saturated rings. The van der Waals surface area contributed by atoms with Crippen LogP contribution in [0, 0.1) is 20.8 Å². The number of carbonyl (C=O) groups is 1. The number of aryl methyl sites for hydroxylation is 3. The van der Waals surface area contributed by atoms with E-state index in [0.717, 1.165) is 20.8 Å². The van der Waals surface area contributed by atoms with Crippen molar-refractivity contribution in [2.24, 2.45) is 4.99 Å². The highest BCUT2D eigenvalue weighted by Crippen LogP contribution is 2.22. The monoisotopic (exact) mass is 396 g/mol. The number of hydrogen-bond donors (Lipinski definition) is 0. The molecule has 27 heavy (non-hydrogen) atoms. The Bertz CT molecular complexity index is 1040. The Morgan fingerprint density at radius 2 is 1.89 bits per heavy atom. The summed E-state index contributed by atoms with van der Waals surface area (Å²) in [4.78, 5) is 18.7. The first-order valence-electron chi connectivity index (χ1n) is 8.96. The molecule has 5 heteroatoms. The average Bonchev–Trinajstić information content (AvgIpc) is 2.94. The van der Waals surface area contributed by atoms with Gasteiger partial charge in [-0.2, -0.15) is 4.99 Å². The third kappa shape index (κ3) is 4.79. The second-order valence-electron chi connectivity index (χ2n) is 6.61. The van der Waals surface area contributed by atoms with Crippen molar-refractivity contribution in [3.63, 3.8) is 0 Å². The van der Waals surface area contributed by atoms with Crippen LogP contribution < -0.4 is 4.80 Å². The molecule has 0 bridgehead atoms. The zero-order valence-corrected chi connectivity index (χ0v) is 17.6. The third-order valence-corrected chi connectivity index (χ3v) is 6.49. The van der Waals surface area contributed by atoms with Gasteiger partial charge in [-0.25, -0.2) is 0 Å². The molecule has 0 saturated carbocycles. The van der Waals surface area contributed by atoms with E-state index in [1.54, 1.807) is 23.1 Å². The first kappa shape index (κ1) is 19.6. The van der Waals surface area contributed by atoms with Gasteiger partial charge in [0, 0.05) is 23.6 Å². The maximum atomic E-state index is 12.4. The Labute approximate surface area is 168 Å². The van der Waals surface area contributed by atoms with Gasteiger partial charge in [-0.05, 0) is 56.2 Å². The number of thiazole rings is 1. The Hall–Kier alpha value is -2.11. The second-order valence-corrected chi connectivity index (χ2v) is 8.78. The summed E-state index contributed by atoms with van der Waals surface area (Å²) in [5.74, 6) is 0.656. The lowest BCUT2D eigenvalue weighted by atomic mass is 10.1. The lowest BCUT2D eigenvalue weighted by molar-refractivity contribution is -0.117. The number of rotatable bonds is 6. The third-order valence-electron chi connectivity index (χ3n) is 4.44. The number of carbonyl (C=O) groups excluding carboxylic acids is 1. The highest BCUT2D eigenvalue weighted by atomic mass is 32.2. The van der Waals surface area contributed by atoms with E-state index in [1.807, 2.05) is 6.08 Å². The standard InChI is InChI=1S/C22H24N2OS2/c1-5-11-24-19-13-16(3)17(4)14-20(19)27-22(24)23-21(25)10-12-26-18-8-6-15(2)7-9-18/h5-9,13-14H,1,10-12H2,2-4H3. The quantitative estimate of drug-likeness (QED) is 0.412. The van der Waals surface area contributed by atoms with Crippen LogP contribution in [-0.4, -0.2) is 16.2 Å². The minimum absolute atomic E-state index is 0.0765. The van der Waals surface area contributed by atoms with E-state index in [4.69, 9.17) is 0 Å². The summed E-state index contributed by atoms with van der Waals surface area (Å²) in [7, 11) is 0. The Morgan fingerprint density at radius 3 is 2.59 bits per heavy atom. The van der Waals surface area contributed by atoms with Gasteiger partial charge in [0.15, 0.2) is 4.80 Å². The Kier molecular flexibility index (Phi) is 6.34. The summed E-state index contributed by atoms with van der Waals surface area (Å²) in [5.41, 5.74) is 4.85. The highest BCUT2D eigenvalue weighted by Gasteiger charge is 2.09. The van der Waals surface area contributed by atoms with Gasteiger partial charge in [-0.3, -0.25) is 4.79 Å². The molecule has 3 aromatic rings. The summed E-state index contributed by atoms with van der Waals surface area (Å²) in [5, 5.41) is 0. The zero-order valence-electron chi connectivity index (χ0n) is 16.0. The first-order valence-corrected chi connectivity index (χ1v) is 10.8. The van der Waals surface area contributed by atoms with Crippen LogP contribution >= 0.6 is 23.1 Å². The summed E-state index contributed by atoms with van der Waals surface area (Å²) >= 11 is 3.26. The summed E-state index contributed by atoms with van der Waals surface area (Å²) < 4.78 is 3.23. The van der Waals surface area contributed by atoms with Crippen LogP contribution in [0.25, 0.3) is 10.2 Å². The van der Waals surface area contributed by atoms with E-state index in [0.29, 0.717) is 13.0 Å². The number of thioether (sulfide) groups is 1. The van der Waals surface area contributed by atoms with Gasteiger partial charge >= 0.3 is 0 Å². The predicted molar refractivity (Wildman–Crippen MR) is 117 cm³/mol. The molecule has 3 nitrogen and oxygen atoms in total. The molecule has 0 aliphatic rings. The van der Waals surface area contributed by atoms with Gasteiger partial charge in [0.25, 0.3) is 0 Å². The van der Waals surface area contributed by atoms with Gasteiger partial charge in [0.1, 0.15) is 0 Å². The lowest BCUT2D eigenvalue weighted by Gasteiger charge is -2.04. The SMILES string of the molecule is C=CCn1c(=NC(=O)CCSc2ccc(C)cc2)sc2cc(C)c(C)cc21. The second kappa shape index (κ2) is 8.72. The van der Waals surface area contributed by atoms with E-state index in [-0.39, 0.29) is 5.91 Å². The smallest absolute Gasteiger partial charge is 0.249 e. The minimum atomic E-state index is -0.0765. The van der Waals surface area contributed by atoms with E-state index in [1.165, 1.54) is 21.6 Å². The molecule has 140 valence electrons. The number of fused-ring (bicyclic) bond motifs is 1. The van der Waals surface area contributed by atoms with Crippen LogP contribution in [-0.2, 0) is 11.3 Å². The zero-order chi connectivity index (χ0) is 19.4. The molecule has 0 radical (unpaired) electrons. The van der Waals surface area contributed by atoms with Crippen LogP contribution in [0.1, 0.15) is 23.1 Å².